The molecular formula is C11H15N3O2S. The van der Waals surface area contributed by atoms with Gasteiger partial charge in [0.15, 0.2) is 0 Å². The summed E-state index contributed by atoms with van der Waals surface area (Å²) in [5.74, 6) is 0.396. The topological polar surface area (TPSA) is 85.1 Å². The number of aromatic nitrogens is 1. The summed E-state index contributed by atoms with van der Waals surface area (Å²) >= 11 is 0. The normalized spacial score (nSPS) is 23.5. The molecule has 3 rings (SSSR count). The van der Waals surface area contributed by atoms with E-state index in [2.05, 4.69) is 9.71 Å². The molecule has 3 N–H and O–H groups in total. The maximum atomic E-state index is 11.8. The van der Waals surface area contributed by atoms with E-state index >= 15 is 0 Å². The molecule has 0 saturated heterocycles. The summed E-state index contributed by atoms with van der Waals surface area (Å²) < 4.78 is 26.1. The number of nitrogens with two attached hydrogens (primary N) is 1. The van der Waals surface area contributed by atoms with Crippen LogP contribution in [0.4, 0.5) is 5.82 Å². The predicted molar refractivity (Wildman–Crippen MR) is 65.1 cm³/mol. The van der Waals surface area contributed by atoms with Crippen LogP contribution in [0.3, 0.4) is 0 Å². The fourth-order valence-electron chi connectivity index (χ4n) is 2.18. The quantitative estimate of drug-likeness (QED) is 0.839. The molecule has 1 aromatic heterocycles. The largest absolute Gasteiger partial charge is 0.324 e. The molecule has 5 nitrogen and oxygen atoms in total. The SMILES string of the molecule is NC1CCc2cnc(NS(=O)(=O)C3CC3)cc21. The molecule has 1 unspecified atom stereocenters. The van der Waals surface area contributed by atoms with Gasteiger partial charge >= 0.3 is 0 Å². The minimum absolute atomic E-state index is 0.0113. The molecule has 2 aliphatic carbocycles. The van der Waals surface area contributed by atoms with Gasteiger partial charge in [-0.2, -0.15) is 0 Å². The summed E-state index contributed by atoms with van der Waals surface area (Å²) in [6.07, 6.45) is 5.07. The van der Waals surface area contributed by atoms with Crippen molar-refractivity contribution in [3.63, 3.8) is 0 Å². The average Bonchev–Trinajstić information content (AvgIpc) is 3.06. The van der Waals surface area contributed by atoms with Crippen LogP contribution < -0.4 is 10.5 Å². The minimum atomic E-state index is -3.23. The van der Waals surface area contributed by atoms with Crippen molar-refractivity contribution in [2.45, 2.75) is 37.0 Å². The van der Waals surface area contributed by atoms with Gasteiger partial charge in [0.05, 0.1) is 5.25 Å². The highest BCUT2D eigenvalue weighted by atomic mass is 32.2. The van der Waals surface area contributed by atoms with Gasteiger partial charge in [-0.1, -0.05) is 0 Å². The molecule has 0 aromatic carbocycles. The third-order valence-electron chi connectivity index (χ3n) is 3.36. The number of rotatable bonds is 3. The van der Waals surface area contributed by atoms with Crippen molar-refractivity contribution in [2.75, 3.05) is 4.72 Å². The van der Waals surface area contributed by atoms with Gasteiger partial charge in [0.1, 0.15) is 5.82 Å². The lowest BCUT2D eigenvalue weighted by atomic mass is 10.1. The van der Waals surface area contributed by atoms with Crippen molar-refractivity contribution < 1.29 is 8.42 Å². The third kappa shape index (κ3) is 2.02. The maximum absolute atomic E-state index is 11.8. The molecule has 0 amide bonds. The standard InChI is InChI=1S/C11H15N3O2S/c12-10-4-1-7-6-13-11(5-9(7)10)14-17(15,16)8-2-3-8/h5-6,8,10H,1-4,12H2,(H,13,14). The molecule has 1 atom stereocenters. The lowest BCUT2D eigenvalue weighted by Gasteiger charge is -2.09. The molecule has 2 aliphatic rings. The molecule has 1 saturated carbocycles. The first-order chi connectivity index (χ1) is 8.06. The van der Waals surface area contributed by atoms with E-state index in [1.54, 1.807) is 12.3 Å². The molecule has 0 spiro atoms. The van der Waals surface area contributed by atoms with Gasteiger partial charge in [-0.25, -0.2) is 13.4 Å². The van der Waals surface area contributed by atoms with Crippen LogP contribution in [0.5, 0.6) is 0 Å². The summed E-state index contributed by atoms with van der Waals surface area (Å²) in [6, 6.07) is 1.78. The Hall–Kier alpha value is -1.14. The van der Waals surface area contributed by atoms with Gasteiger partial charge < -0.3 is 5.73 Å². The number of aryl methyl sites for hydroxylation is 1. The average molecular weight is 253 g/mol. The Kier molecular flexibility index (Phi) is 2.38. The number of anilines is 1. The molecule has 1 heterocycles. The highest BCUT2D eigenvalue weighted by Crippen LogP contribution is 2.32. The second-order valence-corrected chi connectivity index (χ2v) is 6.72. The third-order valence-corrected chi connectivity index (χ3v) is 5.20. The van der Waals surface area contributed by atoms with E-state index in [1.165, 1.54) is 0 Å². The van der Waals surface area contributed by atoms with E-state index in [1.807, 2.05) is 0 Å². The smallest absolute Gasteiger partial charge is 0.236 e. The van der Waals surface area contributed by atoms with Crippen LogP contribution >= 0.6 is 0 Å². The first-order valence-electron chi connectivity index (χ1n) is 5.82. The van der Waals surface area contributed by atoms with Crippen molar-refractivity contribution in [3.8, 4) is 0 Å². The highest BCUT2D eigenvalue weighted by Gasteiger charge is 2.36. The molecule has 0 bridgehead atoms. The number of hydrogen-bond donors (Lipinski definition) is 2. The summed E-state index contributed by atoms with van der Waals surface area (Å²) in [7, 11) is -3.23. The minimum Gasteiger partial charge on any atom is -0.324 e. The zero-order chi connectivity index (χ0) is 12.0. The van der Waals surface area contributed by atoms with Gasteiger partial charge in [0, 0.05) is 12.2 Å². The molecular weight excluding hydrogens is 238 g/mol. The van der Waals surface area contributed by atoms with Gasteiger partial charge in [-0.15, -0.1) is 0 Å². The van der Waals surface area contributed by atoms with Gasteiger partial charge in [0.2, 0.25) is 10.0 Å². The Labute approximate surface area is 100 Å². The Morgan fingerprint density at radius 1 is 1.35 bits per heavy atom. The molecule has 6 heteroatoms. The van der Waals surface area contributed by atoms with Crippen LogP contribution in [0.25, 0.3) is 0 Å². The van der Waals surface area contributed by atoms with E-state index in [-0.39, 0.29) is 11.3 Å². The lowest BCUT2D eigenvalue weighted by molar-refractivity contribution is 0.600. The Morgan fingerprint density at radius 2 is 2.12 bits per heavy atom. The molecule has 92 valence electrons. The van der Waals surface area contributed by atoms with Gasteiger partial charge in [-0.3, -0.25) is 4.72 Å². The molecule has 0 aliphatic heterocycles. The van der Waals surface area contributed by atoms with Crippen molar-refractivity contribution in [2.24, 2.45) is 5.73 Å². The summed E-state index contributed by atoms with van der Waals surface area (Å²) in [4.78, 5) is 4.13. The molecule has 17 heavy (non-hydrogen) atoms. The Balaban J connectivity index is 1.87. The zero-order valence-corrected chi connectivity index (χ0v) is 10.2. The van der Waals surface area contributed by atoms with E-state index in [0.29, 0.717) is 5.82 Å². The molecule has 1 fully saturated rings. The second kappa shape index (κ2) is 3.68. The summed E-state index contributed by atoms with van der Waals surface area (Å²) in [6.45, 7) is 0. The van der Waals surface area contributed by atoms with Gasteiger partial charge in [-0.05, 0) is 42.9 Å². The van der Waals surface area contributed by atoms with Crippen molar-refractivity contribution in [1.82, 2.24) is 4.98 Å². The number of pyridine rings is 1. The van der Waals surface area contributed by atoms with Crippen molar-refractivity contribution >= 4 is 15.8 Å². The monoisotopic (exact) mass is 253 g/mol. The first kappa shape index (κ1) is 11.0. The van der Waals surface area contributed by atoms with Crippen LogP contribution in [0, 0.1) is 0 Å². The van der Waals surface area contributed by atoms with E-state index < -0.39 is 10.0 Å². The van der Waals surface area contributed by atoms with E-state index in [4.69, 9.17) is 5.73 Å². The zero-order valence-electron chi connectivity index (χ0n) is 9.39. The molecule has 0 radical (unpaired) electrons. The number of fused-ring (bicyclic) bond motifs is 1. The number of nitrogens with zero attached hydrogens (tertiary/aromatic N) is 1. The first-order valence-corrected chi connectivity index (χ1v) is 7.37. The highest BCUT2D eigenvalue weighted by molar-refractivity contribution is 7.93. The number of hydrogen-bond acceptors (Lipinski definition) is 4. The maximum Gasteiger partial charge on any atom is 0.236 e. The van der Waals surface area contributed by atoms with Crippen LogP contribution in [-0.4, -0.2) is 18.7 Å². The fraction of sp³-hybridized carbons (Fsp3) is 0.545. The van der Waals surface area contributed by atoms with E-state index in [9.17, 15) is 8.42 Å². The Morgan fingerprint density at radius 3 is 2.82 bits per heavy atom. The van der Waals surface area contributed by atoms with Crippen molar-refractivity contribution in [3.05, 3.63) is 23.4 Å². The number of nitrogens with one attached hydrogen (secondary N) is 1. The summed E-state index contributed by atoms with van der Waals surface area (Å²) in [5.41, 5.74) is 8.10. The van der Waals surface area contributed by atoms with Crippen LogP contribution in [0.1, 0.15) is 36.4 Å². The Bertz CT molecular complexity index is 552. The number of sulfonamides is 1. The van der Waals surface area contributed by atoms with Crippen LogP contribution in [0.15, 0.2) is 12.3 Å². The fourth-order valence-corrected chi connectivity index (χ4v) is 3.51. The van der Waals surface area contributed by atoms with E-state index in [0.717, 1.165) is 36.8 Å². The lowest BCUT2D eigenvalue weighted by Crippen LogP contribution is -2.18. The summed E-state index contributed by atoms with van der Waals surface area (Å²) in [5, 5.41) is -0.230. The van der Waals surface area contributed by atoms with Crippen LogP contribution in [-0.2, 0) is 16.4 Å². The van der Waals surface area contributed by atoms with Crippen LogP contribution in [0.2, 0.25) is 0 Å². The predicted octanol–water partition coefficient (Wildman–Crippen LogP) is 0.932. The van der Waals surface area contributed by atoms with Crippen molar-refractivity contribution in [1.29, 1.82) is 0 Å². The molecule has 1 aromatic rings. The van der Waals surface area contributed by atoms with Gasteiger partial charge in [0.25, 0.3) is 0 Å². The second-order valence-electron chi connectivity index (χ2n) is 4.76.